The first-order chi connectivity index (χ1) is 8.66. The van der Waals surface area contributed by atoms with Gasteiger partial charge in [0.1, 0.15) is 6.04 Å². The zero-order chi connectivity index (χ0) is 12.7. The Morgan fingerprint density at radius 2 is 2.22 bits per heavy atom. The largest absolute Gasteiger partial charge is 0.398 e. The fraction of sp³-hybridized carbons (Fsp3) is 0.250. The normalized spacial score (nSPS) is 20.1. The molecule has 1 aromatic heterocycles. The summed E-state index contributed by atoms with van der Waals surface area (Å²) in [5.41, 5.74) is 7.29. The van der Waals surface area contributed by atoms with Crippen LogP contribution in [0.4, 0.5) is 5.69 Å². The number of hydrogen-bond acceptors (Lipinski definition) is 4. The molecular weight excluding hydrogens is 232 g/mol. The third kappa shape index (κ3) is 1.54. The molecule has 1 fully saturated rings. The Bertz CT molecular complexity index is 647. The maximum Gasteiger partial charge on any atom is 0.251 e. The van der Waals surface area contributed by atoms with Crippen molar-refractivity contribution in [3.63, 3.8) is 0 Å². The van der Waals surface area contributed by atoms with Gasteiger partial charge >= 0.3 is 0 Å². The van der Waals surface area contributed by atoms with Gasteiger partial charge < -0.3 is 5.73 Å². The van der Waals surface area contributed by atoms with Crippen molar-refractivity contribution in [2.24, 2.45) is 0 Å². The number of anilines is 1. The van der Waals surface area contributed by atoms with Crippen molar-refractivity contribution in [2.75, 3.05) is 5.73 Å². The van der Waals surface area contributed by atoms with Gasteiger partial charge in [-0.3, -0.25) is 19.6 Å². The molecule has 6 heteroatoms. The SMILES string of the molecule is Nc1cccc2c1cnn2C1CCC(=O)NC1=O. The first-order valence-electron chi connectivity index (χ1n) is 5.72. The van der Waals surface area contributed by atoms with Gasteiger partial charge in [-0.15, -0.1) is 0 Å². The number of imide groups is 1. The number of piperidine rings is 1. The Morgan fingerprint density at radius 1 is 1.39 bits per heavy atom. The molecule has 18 heavy (non-hydrogen) atoms. The molecule has 2 heterocycles. The van der Waals surface area contributed by atoms with E-state index in [4.69, 9.17) is 5.73 Å². The molecule has 0 aliphatic carbocycles. The van der Waals surface area contributed by atoms with E-state index in [9.17, 15) is 9.59 Å². The van der Waals surface area contributed by atoms with Crippen LogP contribution >= 0.6 is 0 Å². The molecule has 0 radical (unpaired) electrons. The van der Waals surface area contributed by atoms with Crippen molar-refractivity contribution in [3.8, 4) is 0 Å². The average Bonchev–Trinajstić information content (AvgIpc) is 2.74. The second kappa shape index (κ2) is 3.83. The van der Waals surface area contributed by atoms with E-state index >= 15 is 0 Å². The summed E-state index contributed by atoms with van der Waals surface area (Å²) in [6, 6.07) is 5.03. The minimum absolute atomic E-state index is 0.229. The van der Waals surface area contributed by atoms with Crippen molar-refractivity contribution in [1.82, 2.24) is 15.1 Å². The van der Waals surface area contributed by atoms with Gasteiger partial charge in [0.05, 0.1) is 11.7 Å². The highest BCUT2D eigenvalue weighted by Gasteiger charge is 2.29. The van der Waals surface area contributed by atoms with Crippen molar-refractivity contribution in [3.05, 3.63) is 24.4 Å². The lowest BCUT2D eigenvalue weighted by Crippen LogP contribution is -2.42. The number of amides is 2. The average molecular weight is 244 g/mol. The number of nitrogens with zero attached hydrogens (tertiary/aromatic N) is 2. The predicted molar refractivity (Wildman–Crippen MR) is 65.6 cm³/mol. The van der Waals surface area contributed by atoms with Crippen molar-refractivity contribution in [1.29, 1.82) is 0 Å². The molecule has 3 N–H and O–H groups in total. The molecule has 2 aromatic rings. The number of fused-ring (bicyclic) bond motifs is 1. The number of benzene rings is 1. The highest BCUT2D eigenvalue weighted by atomic mass is 16.2. The van der Waals surface area contributed by atoms with Crippen LogP contribution in [0.25, 0.3) is 10.9 Å². The highest BCUT2D eigenvalue weighted by molar-refractivity contribution is 6.00. The second-order valence-corrected chi connectivity index (χ2v) is 4.34. The van der Waals surface area contributed by atoms with E-state index in [0.29, 0.717) is 18.5 Å². The molecular formula is C12H12N4O2. The van der Waals surface area contributed by atoms with Gasteiger partial charge in [0.2, 0.25) is 5.91 Å². The molecule has 1 saturated heterocycles. The lowest BCUT2D eigenvalue weighted by molar-refractivity contribution is -0.135. The quantitative estimate of drug-likeness (QED) is 0.567. The number of nitrogens with one attached hydrogen (secondary N) is 1. The Morgan fingerprint density at radius 3 is 3.00 bits per heavy atom. The fourth-order valence-electron chi connectivity index (χ4n) is 2.26. The first-order valence-corrected chi connectivity index (χ1v) is 5.72. The van der Waals surface area contributed by atoms with Crippen molar-refractivity contribution < 1.29 is 9.59 Å². The van der Waals surface area contributed by atoms with Gasteiger partial charge in [-0.2, -0.15) is 5.10 Å². The summed E-state index contributed by atoms with van der Waals surface area (Å²) in [4.78, 5) is 22.9. The maximum absolute atomic E-state index is 11.8. The molecule has 3 rings (SSSR count). The first kappa shape index (κ1) is 10.8. The van der Waals surface area contributed by atoms with Gasteiger partial charge in [-0.1, -0.05) is 6.07 Å². The molecule has 6 nitrogen and oxygen atoms in total. The van der Waals surface area contributed by atoms with Crippen LogP contribution < -0.4 is 11.1 Å². The number of nitrogens with two attached hydrogens (primary N) is 1. The monoisotopic (exact) mass is 244 g/mol. The van der Waals surface area contributed by atoms with Crippen LogP contribution in [0.2, 0.25) is 0 Å². The lowest BCUT2D eigenvalue weighted by atomic mass is 10.1. The van der Waals surface area contributed by atoms with Crippen LogP contribution in [0.5, 0.6) is 0 Å². The van der Waals surface area contributed by atoms with E-state index in [-0.39, 0.29) is 11.8 Å². The molecule has 2 amide bonds. The minimum Gasteiger partial charge on any atom is -0.398 e. The highest BCUT2D eigenvalue weighted by Crippen LogP contribution is 2.26. The Kier molecular flexibility index (Phi) is 2.29. The summed E-state index contributed by atoms with van der Waals surface area (Å²) in [6.45, 7) is 0. The number of carbonyl (C=O) groups is 2. The van der Waals surface area contributed by atoms with Gasteiger partial charge in [0.25, 0.3) is 5.91 Å². The van der Waals surface area contributed by atoms with E-state index in [1.807, 2.05) is 12.1 Å². The summed E-state index contributed by atoms with van der Waals surface area (Å²) in [7, 11) is 0. The summed E-state index contributed by atoms with van der Waals surface area (Å²) in [6.07, 6.45) is 2.45. The second-order valence-electron chi connectivity index (χ2n) is 4.34. The Hall–Kier alpha value is -2.37. The Labute approximate surface area is 103 Å². The topological polar surface area (TPSA) is 90.0 Å². The van der Waals surface area contributed by atoms with Gasteiger partial charge in [-0.25, -0.2) is 0 Å². The molecule has 1 aromatic carbocycles. The zero-order valence-electron chi connectivity index (χ0n) is 9.59. The van der Waals surface area contributed by atoms with E-state index in [1.165, 1.54) is 0 Å². The Balaban J connectivity index is 2.07. The smallest absolute Gasteiger partial charge is 0.251 e. The fourth-order valence-corrected chi connectivity index (χ4v) is 2.26. The van der Waals surface area contributed by atoms with Crippen LogP contribution in [0.1, 0.15) is 18.9 Å². The third-order valence-corrected chi connectivity index (χ3v) is 3.18. The van der Waals surface area contributed by atoms with Crippen LogP contribution in [0.15, 0.2) is 24.4 Å². The summed E-state index contributed by atoms with van der Waals surface area (Å²) >= 11 is 0. The summed E-state index contributed by atoms with van der Waals surface area (Å²) in [5, 5.41) is 7.37. The number of nitrogen functional groups attached to an aromatic ring is 1. The van der Waals surface area contributed by atoms with Crippen LogP contribution in [0.3, 0.4) is 0 Å². The van der Waals surface area contributed by atoms with E-state index in [0.717, 1.165) is 10.9 Å². The van der Waals surface area contributed by atoms with Crippen molar-refractivity contribution >= 4 is 28.4 Å². The number of rotatable bonds is 1. The standard InChI is InChI=1S/C12H12N4O2/c13-8-2-1-3-9-7(8)6-14-16(9)10-4-5-11(17)15-12(10)18/h1-3,6,10H,4-5,13H2,(H,15,17,18). The zero-order valence-corrected chi connectivity index (χ0v) is 9.59. The molecule has 0 bridgehead atoms. The molecule has 1 aliphatic rings. The van der Waals surface area contributed by atoms with E-state index < -0.39 is 6.04 Å². The van der Waals surface area contributed by atoms with E-state index in [2.05, 4.69) is 10.4 Å². The lowest BCUT2D eigenvalue weighted by Gasteiger charge is -2.21. The third-order valence-electron chi connectivity index (χ3n) is 3.18. The summed E-state index contributed by atoms with van der Waals surface area (Å²) in [5.74, 6) is -0.536. The number of carbonyl (C=O) groups excluding carboxylic acids is 2. The van der Waals surface area contributed by atoms with Crippen LogP contribution in [0, 0.1) is 0 Å². The predicted octanol–water partition coefficient (Wildman–Crippen LogP) is 0.596. The van der Waals surface area contributed by atoms with Crippen LogP contribution in [-0.2, 0) is 9.59 Å². The molecule has 0 spiro atoms. The molecule has 1 aliphatic heterocycles. The van der Waals surface area contributed by atoms with Crippen molar-refractivity contribution in [2.45, 2.75) is 18.9 Å². The molecule has 92 valence electrons. The molecule has 1 unspecified atom stereocenters. The molecule has 1 atom stereocenters. The van der Waals surface area contributed by atoms with Gasteiger partial charge in [-0.05, 0) is 18.6 Å². The number of hydrogen-bond donors (Lipinski definition) is 2. The van der Waals surface area contributed by atoms with Gasteiger partial charge in [0, 0.05) is 17.5 Å². The minimum atomic E-state index is -0.443. The number of aromatic nitrogens is 2. The maximum atomic E-state index is 11.8. The molecule has 0 saturated carbocycles. The summed E-state index contributed by atoms with van der Waals surface area (Å²) < 4.78 is 1.63. The van der Waals surface area contributed by atoms with Crippen LogP contribution in [-0.4, -0.2) is 21.6 Å². The van der Waals surface area contributed by atoms with Gasteiger partial charge in [0.15, 0.2) is 0 Å². The van der Waals surface area contributed by atoms with E-state index in [1.54, 1.807) is 16.9 Å².